The van der Waals surface area contributed by atoms with Gasteiger partial charge < -0.3 is 19.5 Å². The summed E-state index contributed by atoms with van der Waals surface area (Å²) >= 11 is 3.31. The molecule has 0 saturated heterocycles. The SMILES string of the molecule is CCCNC(=O)COC(=O)c1cc(OC)c(Br)c(OC)c1. The van der Waals surface area contributed by atoms with Crippen LogP contribution >= 0.6 is 15.9 Å². The molecule has 0 aliphatic rings. The van der Waals surface area contributed by atoms with Crippen molar-refractivity contribution >= 4 is 27.8 Å². The highest BCUT2D eigenvalue weighted by molar-refractivity contribution is 9.10. The summed E-state index contributed by atoms with van der Waals surface area (Å²) < 4.78 is 15.8. The van der Waals surface area contributed by atoms with Gasteiger partial charge in [-0.15, -0.1) is 0 Å². The fourth-order valence-electron chi connectivity index (χ4n) is 1.52. The van der Waals surface area contributed by atoms with E-state index in [4.69, 9.17) is 14.2 Å². The molecule has 0 heterocycles. The largest absolute Gasteiger partial charge is 0.495 e. The molecule has 1 amide bonds. The number of nitrogens with one attached hydrogen (secondary N) is 1. The van der Waals surface area contributed by atoms with Gasteiger partial charge >= 0.3 is 5.97 Å². The highest BCUT2D eigenvalue weighted by Gasteiger charge is 2.16. The molecular formula is C14H18BrNO5. The van der Waals surface area contributed by atoms with Gasteiger partial charge in [0.05, 0.1) is 19.8 Å². The van der Waals surface area contributed by atoms with E-state index in [-0.39, 0.29) is 18.1 Å². The van der Waals surface area contributed by atoms with Crippen LogP contribution in [0.4, 0.5) is 0 Å². The molecule has 0 bridgehead atoms. The summed E-state index contributed by atoms with van der Waals surface area (Å²) in [6, 6.07) is 3.03. The van der Waals surface area contributed by atoms with Crippen LogP contribution < -0.4 is 14.8 Å². The van der Waals surface area contributed by atoms with Crippen LogP contribution in [0.25, 0.3) is 0 Å². The molecule has 0 fully saturated rings. The van der Waals surface area contributed by atoms with E-state index in [0.29, 0.717) is 22.5 Å². The minimum Gasteiger partial charge on any atom is -0.495 e. The first-order chi connectivity index (χ1) is 10.0. The van der Waals surface area contributed by atoms with Crippen LogP contribution in [0.1, 0.15) is 23.7 Å². The predicted octanol–water partition coefficient (Wildman–Crippen LogP) is 2.15. The summed E-state index contributed by atoms with van der Waals surface area (Å²) in [5.41, 5.74) is 0.246. The molecule has 1 rings (SSSR count). The smallest absolute Gasteiger partial charge is 0.338 e. The van der Waals surface area contributed by atoms with Crippen molar-refractivity contribution in [3.8, 4) is 11.5 Å². The topological polar surface area (TPSA) is 73.9 Å². The third-order valence-electron chi connectivity index (χ3n) is 2.59. The average Bonchev–Trinajstić information content (AvgIpc) is 2.50. The molecule has 116 valence electrons. The van der Waals surface area contributed by atoms with E-state index in [0.717, 1.165) is 6.42 Å². The van der Waals surface area contributed by atoms with Crippen LogP contribution in [0, 0.1) is 0 Å². The second-order valence-electron chi connectivity index (χ2n) is 4.12. The number of hydrogen-bond donors (Lipinski definition) is 1. The molecule has 0 spiro atoms. The zero-order chi connectivity index (χ0) is 15.8. The molecule has 0 aliphatic carbocycles. The fourth-order valence-corrected chi connectivity index (χ4v) is 2.07. The molecule has 0 unspecified atom stereocenters. The van der Waals surface area contributed by atoms with Crippen molar-refractivity contribution in [3.05, 3.63) is 22.2 Å². The van der Waals surface area contributed by atoms with Gasteiger partial charge in [-0.2, -0.15) is 0 Å². The molecule has 21 heavy (non-hydrogen) atoms. The highest BCUT2D eigenvalue weighted by atomic mass is 79.9. The number of ether oxygens (including phenoxy) is 3. The number of halogens is 1. The quantitative estimate of drug-likeness (QED) is 0.755. The van der Waals surface area contributed by atoms with E-state index in [1.807, 2.05) is 6.92 Å². The fraction of sp³-hybridized carbons (Fsp3) is 0.429. The van der Waals surface area contributed by atoms with Gasteiger partial charge in [0.25, 0.3) is 5.91 Å². The Morgan fingerprint density at radius 3 is 2.24 bits per heavy atom. The molecule has 1 N–H and O–H groups in total. The molecule has 0 saturated carbocycles. The van der Waals surface area contributed by atoms with Crippen molar-refractivity contribution in [2.24, 2.45) is 0 Å². The molecule has 7 heteroatoms. The van der Waals surface area contributed by atoms with Crippen LogP contribution in [0.15, 0.2) is 16.6 Å². The van der Waals surface area contributed by atoms with Gasteiger partial charge in [0.15, 0.2) is 6.61 Å². The van der Waals surface area contributed by atoms with Gasteiger partial charge in [0.2, 0.25) is 0 Å². The zero-order valence-electron chi connectivity index (χ0n) is 12.2. The van der Waals surface area contributed by atoms with Gasteiger partial charge in [0, 0.05) is 6.54 Å². The number of benzene rings is 1. The molecule has 1 aromatic rings. The number of carbonyl (C=O) groups excluding carboxylic acids is 2. The Balaban J connectivity index is 2.76. The Labute approximate surface area is 131 Å². The molecule has 0 radical (unpaired) electrons. The van der Waals surface area contributed by atoms with E-state index >= 15 is 0 Å². The van der Waals surface area contributed by atoms with Crippen molar-refractivity contribution in [3.63, 3.8) is 0 Å². The molecule has 0 aromatic heterocycles. The first-order valence-corrected chi connectivity index (χ1v) is 7.18. The second kappa shape index (κ2) is 8.51. The number of rotatable bonds is 7. The standard InChI is InChI=1S/C14H18BrNO5/c1-4-5-16-12(17)8-21-14(18)9-6-10(19-2)13(15)11(7-9)20-3/h6-7H,4-5,8H2,1-3H3,(H,16,17). The first kappa shape index (κ1) is 17.3. The van der Waals surface area contributed by atoms with Gasteiger partial charge in [0.1, 0.15) is 16.0 Å². The van der Waals surface area contributed by atoms with Gasteiger partial charge in [-0.05, 0) is 34.5 Å². The van der Waals surface area contributed by atoms with Crippen LogP contribution in [-0.4, -0.2) is 39.2 Å². The Morgan fingerprint density at radius 2 is 1.76 bits per heavy atom. The van der Waals surface area contributed by atoms with E-state index in [1.54, 1.807) is 0 Å². The average molecular weight is 360 g/mol. The minimum atomic E-state index is -0.620. The maximum absolute atomic E-state index is 11.9. The van der Waals surface area contributed by atoms with Crippen LogP contribution in [-0.2, 0) is 9.53 Å². The van der Waals surface area contributed by atoms with E-state index in [2.05, 4.69) is 21.2 Å². The Bertz CT molecular complexity index is 493. The van der Waals surface area contributed by atoms with Crippen molar-refractivity contribution in [1.82, 2.24) is 5.32 Å². The monoisotopic (exact) mass is 359 g/mol. The summed E-state index contributed by atoms with van der Waals surface area (Å²) in [4.78, 5) is 23.3. The van der Waals surface area contributed by atoms with E-state index in [1.165, 1.54) is 26.4 Å². The van der Waals surface area contributed by atoms with E-state index in [9.17, 15) is 9.59 Å². The predicted molar refractivity (Wildman–Crippen MR) is 80.8 cm³/mol. The van der Waals surface area contributed by atoms with Gasteiger partial charge in [-0.25, -0.2) is 4.79 Å². The third kappa shape index (κ3) is 4.93. The summed E-state index contributed by atoms with van der Waals surface area (Å²) in [7, 11) is 2.96. The normalized spacial score (nSPS) is 9.90. The summed E-state index contributed by atoms with van der Waals surface area (Å²) in [6.07, 6.45) is 0.820. The van der Waals surface area contributed by atoms with Crippen molar-refractivity contribution < 1.29 is 23.8 Å². The number of hydrogen-bond acceptors (Lipinski definition) is 5. The summed E-state index contributed by atoms with van der Waals surface area (Å²) in [5.74, 6) is -0.0690. The zero-order valence-corrected chi connectivity index (χ0v) is 13.8. The van der Waals surface area contributed by atoms with Crippen LogP contribution in [0.3, 0.4) is 0 Å². The lowest BCUT2D eigenvalue weighted by atomic mass is 10.2. The molecular weight excluding hydrogens is 342 g/mol. The lowest BCUT2D eigenvalue weighted by molar-refractivity contribution is -0.124. The first-order valence-electron chi connectivity index (χ1n) is 6.38. The Morgan fingerprint density at radius 1 is 1.19 bits per heavy atom. The Kier molecular flexibility index (Phi) is 7.01. The third-order valence-corrected chi connectivity index (χ3v) is 3.37. The van der Waals surface area contributed by atoms with Crippen molar-refractivity contribution in [2.45, 2.75) is 13.3 Å². The number of amides is 1. The molecule has 1 aromatic carbocycles. The van der Waals surface area contributed by atoms with Crippen LogP contribution in [0.5, 0.6) is 11.5 Å². The number of carbonyl (C=O) groups is 2. The maximum Gasteiger partial charge on any atom is 0.338 e. The molecule has 6 nitrogen and oxygen atoms in total. The lowest BCUT2D eigenvalue weighted by Gasteiger charge is -2.11. The number of methoxy groups -OCH3 is 2. The second-order valence-corrected chi connectivity index (χ2v) is 4.91. The van der Waals surface area contributed by atoms with Crippen LogP contribution in [0.2, 0.25) is 0 Å². The summed E-state index contributed by atoms with van der Waals surface area (Å²) in [5, 5.41) is 2.62. The minimum absolute atomic E-state index is 0.246. The highest BCUT2D eigenvalue weighted by Crippen LogP contribution is 2.35. The van der Waals surface area contributed by atoms with Gasteiger partial charge in [-0.1, -0.05) is 6.92 Å². The van der Waals surface area contributed by atoms with Crippen molar-refractivity contribution in [2.75, 3.05) is 27.4 Å². The summed E-state index contributed by atoms with van der Waals surface area (Å²) in [6.45, 7) is 2.17. The maximum atomic E-state index is 11.9. The molecule has 0 atom stereocenters. The Hall–Kier alpha value is -1.76. The lowest BCUT2D eigenvalue weighted by Crippen LogP contribution is -2.29. The van der Waals surface area contributed by atoms with Crippen molar-refractivity contribution in [1.29, 1.82) is 0 Å². The number of esters is 1. The molecule has 0 aliphatic heterocycles. The van der Waals surface area contributed by atoms with E-state index < -0.39 is 5.97 Å². The van der Waals surface area contributed by atoms with Gasteiger partial charge in [-0.3, -0.25) is 4.79 Å².